The lowest BCUT2D eigenvalue weighted by Crippen LogP contribution is -2.30. The SMILES string of the molecule is C=CCC(CCN)Cc1c(C(F)(F)F)nc2n1CCCN2c1c(C)cc(C)cc1Cl. The van der Waals surface area contributed by atoms with Crippen molar-refractivity contribution in [1.29, 1.82) is 0 Å². The van der Waals surface area contributed by atoms with Crippen LogP contribution in [0, 0.1) is 19.8 Å². The van der Waals surface area contributed by atoms with E-state index in [0.717, 1.165) is 16.8 Å². The number of hydrogen-bond acceptors (Lipinski definition) is 3. The molecule has 2 aromatic rings. The number of nitrogens with two attached hydrogens (primary N) is 1. The van der Waals surface area contributed by atoms with Gasteiger partial charge >= 0.3 is 6.18 Å². The number of imidazole rings is 1. The van der Waals surface area contributed by atoms with Crippen LogP contribution in [-0.2, 0) is 19.1 Å². The molecular weight excluding hydrogens is 413 g/mol. The number of anilines is 2. The van der Waals surface area contributed by atoms with Gasteiger partial charge in [-0.3, -0.25) is 0 Å². The van der Waals surface area contributed by atoms with Gasteiger partial charge in [0.15, 0.2) is 5.69 Å². The van der Waals surface area contributed by atoms with Gasteiger partial charge < -0.3 is 15.2 Å². The zero-order valence-corrected chi connectivity index (χ0v) is 18.2. The number of alkyl halides is 3. The molecule has 1 unspecified atom stereocenters. The van der Waals surface area contributed by atoms with Crippen LogP contribution in [0.15, 0.2) is 24.8 Å². The molecule has 1 aromatic carbocycles. The van der Waals surface area contributed by atoms with Crippen LogP contribution in [0.1, 0.15) is 41.8 Å². The van der Waals surface area contributed by atoms with Crippen LogP contribution < -0.4 is 10.6 Å². The van der Waals surface area contributed by atoms with Crippen molar-refractivity contribution in [2.45, 2.75) is 52.3 Å². The van der Waals surface area contributed by atoms with E-state index in [2.05, 4.69) is 11.6 Å². The Morgan fingerprint density at radius 1 is 1.30 bits per heavy atom. The second-order valence-electron chi connectivity index (χ2n) is 7.95. The molecule has 1 aromatic heterocycles. The van der Waals surface area contributed by atoms with Crippen LogP contribution in [0.25, 0.3) is 0 Å². The van der Waals surface area contributed by atoms with E-state index in [-0.39, 0.29) is 18.0 Å². The van der Waals surface area contributed by atoms with Crippen LogP contribution in [0.2, 0.25) is 5.02 Å². The van der Waals surface area contributed by atoms with Gasteiger partial charge in [-0.15, -0.1) is 6.58 Å². The Kier molecular flexibility index (Phi) is 6.82. The Bertz CT molecular complexity index is 897. The lowest BCUT2D eigenvalue weighted by Gasteiger charge is -2.32. The second kappa shape index (κ2) is 9.02. The number of rotatable bonds is 7. The minimum absolute atomic E-state index is 0.00512. The van der Waals surface area contributed by atoms with E-state index in [4.69, 9.17) is 17.3 Å². The predicted octanol–water partition coefficient (Wildman–Crippen LogP) is 5.80. The third-order valence-corrected chi connectivity index (χ3v) is 5.84. The maximum Gasteiger partial charge on any atom is 0.435 e. The Morgan fingerprint density at radius 3 is 2.63 bits per heavy atom. The van der Waals surface area contributed by atoms with Crippen molar-refractivity contribution in [3.05, 3.63) is 52.3 Å². The van der Waals surface area contributed by atoms with E-state index in [1.54, 1.807) is 10.6 Å². The van der Waals surface area contributed by atoms with Crippen LogP contribution in [0.5, 0.6) is 0 Å². The number of aromatic nitrogens is 2. The highest BCUT2D eigenvalue weighted by atomic mass is 35.5. The monoisotopic (exact) mass is 440 g/mol. The first-order chi connectivity index (χ1) is 14.2. The van der Waals surface area contributed by atoms with E-state index in [0.29, 0.717) is 49.9 Å². The summed E-state index contributed by atoms with van der Waals surface area (Å²) >= 11 is 6.51. The van der Waals surface area contributed by atoms with Gasteiger partial charge in [0.1, 0.15) is 0 Å². The Hall–Kier alpha value is -1.99. The van der Waals surface area contributed by atoms with Gasteiger partial charge in [0.25, 0.3) is 0 Å². The molecule has 1 aliphatic rings. The van der Waals surface area contributed by atoms with E-state index >= 15 is 0 Å². The molecule has 164 valence electrons. The van der Waals surface area contributed by atoms with Crippen molar-refractivity contribution in [1.82, 2.24) is 9.55 Å². The van der Waals surface area contributed by atoms with Gasteiger partial charge in [0.05, 0.1) is 16.4 Å². The molecule has 3 rings (SSSR count). The van der Waals surface area contributed by atoms with Gasteiger partial charge in [0, 0.05) is 13.1 Å². The van der Waals surface area contributed by atoms with Crippen LogP contribution >= 0.6 is 11.6 Å². The van der Waals surface area contributed by atoms with Crippen LogP contribution in [0.4, 0.5) is 24.8 Å². The summed E-state index contributed by atoms with van der Waals surface area (Å²) in [6.07, 6.45) is -0.570. The molecule has 0 saturated carbocycles. The maximum atomic E-state index is 13.9. The summed E-state index contributed by atoms with van der Waals surface area (Å²) in [5, 5.41) is 0.520. The van der Waals surface area contributed by atoms with Gasteiger partial charge in [-0.05, 0) is 69.2 Å². The molecule has 8 heteroatoms. The summed E-state index contributed by atoms with van der Waals surface area (Å²) in [4.78, 5) is 5.93. The maximum absolute atomic E-state index is 13.9. The summed E-state index contributed by atoms with van der Waals surface area (Å²) in [6, 6.07) is 3.81. The number of fused-ring (bicyclic) bond motifs is 1. The van der Waals surface area contributed by atoms with E-state index in [1.165, 1.54) is 0 Å². The fraction of sp³-hybridized carbons (Fsp3) is 0.500. The van der Waals surface area contributed by atoms with E-state index in [9.17, 15) is 13.2 Å². The summed E-state index contributed by atoms with van der Waals surface area (Å²) in [5.74, 6) is 0.303. The molecule has 1 atom stereocenters. The van der Waals surface area contributed by atoms with Crippen molar-refractivity contribution in [2.24, 2.45) is 11.7 Å². The second-order valence-corrected chi connectivity index (χ2v) is 8.35. The molecule has 1 aliphatic heterocycles. The minimum Gasteiger partial charge on any atom is -0.330 e. The van der Waals surface area contributed by atoms with Crippen LogP contribution in [-0.4, -0.2) is 22.6 Å². The highest BCUT2D eigenvalue weighted by Gasteiger charge is 2.41. The Morgan fingerprint density at radius 2 is 2.03 bits per heavy atom. The summed E-state index contributed by atoms with van der Waals surface area (Å²) in [6.45, 7) is 9.09. The van der Waals surface area contributed by atoms with Crippen molar-refractivity contribution >= 4 is 23.2 Å². The summed E-state index contributed by atoms with van der Waals surface area (Å²) < 4.78 is 43.5. The van der Waals surface area contributed by atoms with E-state index < -0.39 is 11.9 Å². The summed E-state index contributed by atoms with van der Waals surface area (Å²) in [5.41, 5.74) is 7.75. The smallest absolute Gasteiger partial charge is 0.330 e. The third kappa shape index (κ3) is 4.52. The minimum atomic E-state index is -4.53. The molecular formula is C22H28ClF3N4. The lowest BCUT2D eigenvalue weighted by molar-refractivity contribution is -0.141. The van der Waals surface area contributed by atoms with Crippen molar-refractivity contribution in [3.63, 3.8) is 0 Å². The molecule has 0 fully saturated rings. The van der Waals surface area contributed by atoms with Gasteiger partial charge in [-0.2, -0.15) is 13.2 Å². The highest BCUT2D eigenvalue weighted by Crippen LogP contribution is 2.42. The normalized spacial score (nSPS) is 15.2. The first-order valence-corrected chi connectivity index (χ1v) is 10.6. The molecule has 0 bridgehead atoms. The predicted molar refractivity (Wildman–Crippen MR) is 115 cm³/mol. The average Bonchev–Trinajstić information content (AvgIpc) is 3.01. The fourth-order valence-corrected chi connectivity index (χ4v) is 4.77. The Labute approximate surface area is 180 Å². The highest BCUT2D eigenvalue weighted by molar-refractivity contribution is 6.33. The number of allylic oxidation sites excluding steroid dienone is 1. The molecule has 0 aliphatic carbocycles. The Balaban J connectivity index is 2.12. The molecule has 0 radical (unpaired) electrons. The molecule has 4 nitrogen and oxygen atoms in total. The fourth-order valence-electron chi connectivity index (χ4n) is 4.35. The van der Waals surface area contributed by atoms with Crippen molar-refractivity contribution in [2.75, 3.05) is 18.0 Å². The molecule has 2 heterocycles. The zero-order chi connectivity index (χ0) is 22.1. The average molecular weight is 441 g/mol. The van der Waals surface area contributed by atoms with Crippen LogP contribution in [0.3, 0.4) is 0 Å². The number of aryl methyl sites for hydroxylation is 2. The quantitative estimate of drug-likeness (QED) is 0.553. The van der Waals surface area contributed by atoms with E-state index in [1.807, 2.05) is 30.9 Å². The first-order valence-electron chi connectivity index (χ1n) is 10.2. The number of halogens is 4. The number of hydrogen-bond donors (Lipinski definition) is 1. The number of nitrogens with zero attached hydrogens (tertiary/aromatic N) is 3. The van der Waals surface area contributed by atoms with Crippen molar-refractivity contribution in [3.8, 4) is 0 Å². The molecule has 0 saturated heterocycles. The molecule has 0 spiro atoms. The zero-order valence-electron chi connectivity index (χ0n) is 17.4. The largest absolute Gasteiger partial charge is 0.435 e. The molecule has 2 N–H and O–H groups in total. The lowest BCUT2D eigenvalue weighted by atomic mass is 9.94. The molecule has 30 heavy (non-hydrogen) atoms. The summed E-state index contributed by atoms with van der Waals surface area (Å²) in [7, 11) is 0. The topological polar surface area (TPSA) is 47.1 Å². The van der Waals surface area contributed by atoms with Gasteiger partial charge in [-0.1, -0.05) is 23.7 Å². The standard InChI is InChI=1S/C22H28ClF3N4/c1-4-6-16(7-8-27)13-18-20(22(24,25)26)28-21-29(18)9-5-10-30(21)19-15(3)11-14(2)12-17(19)23/h4,11-12,16H,1,5-10,13,27H2,2-3H3. The molecule has 0 amide bonds. The van der Waals surface area contributed by atoms with Crippen molar-refractivity contribution < 1.29 is 13.2 Å². The third-order valence-electron chi connectivity index (χ3n) is 5.55. The van der Waals surface area contributed by atoms with Gasteiger partial charge in [-0.25, -0.2) is 4.98 Å². The van der Waals surface area contributed by atoms with Gasteiger partial charge in [0.2, 0.25) is 5.95 Å². The number of benzene rings is 1. The first kappa shape index (κ1) is 22.7.